The van der Waals surface area contributed by atoms with Gasteiger partial charge in [0.15, 0.2) is 15.5 Å². The van der Waals surface area contributed by atoms with E-state index in [1.165, 1.54) is 12.1 Å². The Morgan fingerprint density at radius 2 is 2.04 bits per heavy atom. The molecule has 2 aromatic rings. The minimum Gasteiger partial charge on any atom is -0.333 e. The van der Waals surface area contributed by atoms with Crippen LogP contribution in [0.1, 0.15) is 23.8 Å². The highest BCUT2D eigenvalue weighted by Gasteiger charge is 2.35. The third-order valence-corrected chi connectivity index (χ3v) is 6.24. The molecule has 1 atom stereocenters. The van der Waals surface area contributed by atoms with Crippen molar-refractivity contribution in [2.75, 3.05) is 18.1 Å². The zero-order valence-corrected chi connectivity index (χ0v) is 15.0. The summed E-state index contributed by atoms with van der Waals surface area (Å²) in [6.45, 7) is 2.24. The lowest BCUT2D eigenvalue weighted by molar-refractivity contribution is 0.0701. The zero-order chi connectivity index (χ0) is 18.2. The number of amides is 1. The fourth-order valence-electron chi connectivity index (χ4n) is 3.20. The van der Waals surface area contributed by atoms with Gasteiger partial charge in [-0.1, -0.05) is 0 Å². The lowest BCUT2D eigenvalue weighted by Gasteiger charge is -2.25. The van der Waals surface area contributed by atoms with Crippen molar-refractivity contribution in [2.45, 2.75) is 19.4 Å². The molecule has 1 aliphatic heterocycles. The van der Waals surface area contributed by atoms with Crippen LogP contribution >= 0.6 is 0 Å². The number of hydrogen-bond donors (Lipinski definition) is 0. The smallest absolute Gasteiger partial charge is 0.274 e. The largest absolute Gasteiger partial charge is 0.333 e. The highest BCUT2D eigenvalue weighted by atomic mass is 32.2. The van der Waals surface area contributed by atoms with E-state index in [0.29, 0.717) is 18.7 Å². The van der Waals surface area contributed by atoms with E-state index < -0.39 is 9.84 Å². The summed E-state index contributed by atoms with van der Waals surface area (Å²) in [6, 6.07) is 7.31. The average molecular weight is 365 g/mol. The Hall–Kier alpha value is -2.22. The van der Waals surface area contributed by atoms with Crippen LogP contribution in [0.15, 0.2) is 30.3 Å². The summed E-state index contributed by atoms with van der Waals surface area (Å²) in [7, 11) is -1.36. The number of nitrogens with zero attached hydrogens (tertiary/aromatic N) is 3. The Morgan fingerprint density at radius 1 is 1.36 bits per heavy atom. The Labute approximate surface area is 146 Å². The van der Waals surface area contributed by atoms with E-state index in [0.717, 1.165) is 5.56 Å². The molecule has 1 aliphatic rings. The maximum absolute atomic E-state index is 13.1. The molecule has 1 aromatic heterocycles. The van der Waals surface area contributed by atoms with Crippen LogP contribution in [0, 0.1) is 5.82 Å². The van der Waals surface area contributed by atoms with Gasteiger partial charge in [0.05, 0.1) is 17.2 Å². The van der Waals surface area contributed by atoms with Gasteiger partial charge in [0.1, 0.15) is 5.82 Å². The number of aromatic nitrogens is 2. The van der Waals surface area contributed by atoms with Gasteiger partial charge in [0.25, 0.3) is 5.91 Å². The van der Waals surface area contributed by atoms with Crippen molar-refractivity contribution >= 4 is 15.7 Å². The minimum absolute atomic E-state index is 0.00420. The van der Waals surface area contributed by atoms with Crippen molar-refractivity contribution in [3.8, 4) is 11.3 Å². The number of hydrogen-bond acceptors (Lipinski definition) is 4. The van der Waals surface area contributed by atoms with Crippen molar-refractivity contribution in [3.63, 3.8) is 0 Å². The van der Waals surface area contributed by atoms with Crippen LogP contribution in [0.25, 0.3) is 11.3 Å². The number of benzene rings is 1. The van der Waals surface area contributed by atoms with E-state index in [4.69, 9.17) is 0 Å². The van der Waals surface area contributed by atoms with Gasteiger partial charge in [-0.25, -0.2) is 12.8 Å². The Kier molecular flexibility index (Phi) is 4.64. The molecule has 8 heteroatoms. The molecule has 0 radical (unpaired) electrons. The summed E-state index contributed by atoms with van der Waals surface area (Å²) >= 11 is 0. The molecule has 0 saturated carbocycles. The fraction of sp³-hybridized carbons (Fsp3) is 0.412. The van der Waals surface area contributed by atoms with E-state index in [-0.39, 0.29) is 35.0 Å². The number of rotatable bonds is 4. The quantitative estimate of drug-likeness (QED) is 0.829. The van der Waals surface area contributed by atoms with Crippen molar-refractivity contribution in [2.24, 2.45) is 7.05 Å². The molecule has 25 heavy (non-hydrogen) atoms. The summed E-state index contributed by atoms with van der Waals surface area (Å²) in [4.78, 5) is 14.4. The normalized spacial score (nSPS) is 19.1. The second-order valence-electron chi connectivity index (χ2n) is 6.19. The zero-order valence-electron chi connectivity index (χ0n) is 14.1. The molecule has 6 nitrogen and oxygen atoms in total. The molecule has 1 aromatic carbocycles. The highest BCUT2D eigenvalue weighted by molar-refractivity contribution is 7.91. The Morgan fingerprint density at radius 3 is 2.60 bits per heavy atom. The maximum atomic E-state index is 13.1. The van der Waals surface area contributed by atoms with E-state index in [1.54, 1.807) is 34.8 Å². The summed E-state index contributed by atoms with van der Waals surface area (Å²) in [5, 5.41) is 4.27. The van der Waals surface area contributed by atoms with E-state index in [2.05, 4.69) is 5.10 Å². The van der Waals surface area contributed by atoms with Crippen LogP contribution in [0.4, 0.5) is 4.39 Å². The van der Waals surface area contributed by atoms with Gasteiger partial charge in [0.2, 0.25) is 0 Å². The molecule has 0 aliphatic carbocycles. The number of carbonyl (C=O) groups is 1. The molecule has 1 fully saturated rings. The second kappa shape index (κ2) is 6.59. The average Bonchev–Trinajstić information content (AvgIpc) is 3.11. The molecular weight excluding hydrogens is 345 g/mol. The van der Waals surface area contributed by atoms with Gasteiger partial charge in [0, 0.05) is 19.6 Å². The topological polar surface area (TPSA) is 72.3 Å². The first kappa shape index (κ1) is 17.6. The SMILES string of the molecule is CCN(C(=O)c1cc(-c2ccc(F)cc2)n(C)n1)C1CCS(=O)(=O)C1. The van der Waals surface area contributed by atoms with Crippen LogP contribution in [0.2, 0.25) is 0 Å². The van der Waals surface area contributed by atoms with Crippen LogP contribution in [0.3, 0.4) is 0 Å². The number of carbonyl (C=O) groups excluding carboxylic acids is 1. The van der Waals surface area contributed by atoms with Gasteiger partial charge in [-0.15, -0.1) is 0 Å². The molecular formula is C17H20FN3O3S. The van der Waals surface area contributed by atoms with Crippen molar-refractivity contribution in [3.05, 3.63) is 41.8 Å². The molecule has 1 unspecified atom stereocenters. The molecule has 1 amide bonds. The molecule has 2 heterocycles. The number of sulfone groups is 1. The minimum atomic E-state index is -3.07. The molecule has 0 bridgehead atoms. The van der Waals surface area contributed by atoms with Gasteiger partial charge in [-0.3, -0.25) is 9.48 Å². The van der Waals surface area contributed by atoms with Crippen molar-refractivity contribution in [1.82, 2.24) is 14.7 Å². The van der Waals surface area contributed by atoms with E-state index in [1.807, 2.05) is 6.92 Å². The first-order valence-corrected chi connectivity index (χ1v) is 9.94. The van der Waals surface area contributed by atoms with Gasteiger partial charge >= 0.3 is 0 Å². The summed E-state index contributed by atoms with van der Waals surface area (Å²) in [6.07, 6.45) is 0.458. The van der Waals surface area contributed by atoms with Crippen molar-refractivity contribution in [1.29, 1.82) is 0 Å². The van der Waals surface area contributed by atoms with Crippen LogP contribution in [-0.2, 0) is 16.9 Å². The number of halogens is 1. The van der Waals surface area contributed by atoms with Crippen LogP contribution in [0.5, 0.6) is 0 Å². The first-order chi connectivity index (χ1) is 11.8. The Balaban J connectivity index is 1.87. The molecule has 0 N–H and O–H groups in total. The summed E-state index contributed by atoms with van der Waals surface area (Å²) < 4.78 is 38.1. The Bertz CT molecular complexity index is 890. The van der Waals surface area contributed by atoms with Crippen LogP contribution < -0.4 is 0 Å². The van der Waals surface area contributed by atoms with Gasteiger partial charge in [-0.05, 0) is 49.2 Å². The highest BCUT2D eigenvalue weighted by Crippen LogP contribution is 2.23. The molecule has 0 spiro atoms. The third-order valence-electron chi connectivity index (χ3n) is 4.49. The van der Waals surface area contributed by atoms with Crippen molar-refractivity contribution < 1.29 is 17.6 Å². The fourth-order valence-corrected chi connectivity index (χ4v) is 4.93. The number of aryl methyl sites for hydroxylation is 1. The van der Waals surface area contributed by atoms with Gasteiger partial charge < -0.3 is 4.90 Å². The predicted molar refractivity (Wildman–Crippen MR) is 92.4 cm³/mol. The maximum Gasteiger partial charge on any atom is 0.274 e. The van der Waals surface area contributed by atoms with Crippen LogP contribution in [-0.4, -0.2) is 53.1 Å². The first-order valence-electron chi connectivity index (χ1n) is 8.12. The molecule has 134 valence electrons. The second-order valence-corrected chi connectivity index (χ2v) is 8.42. The summed E-state index contributed by atoms with van der Waals surface area (Å²) in [5.41, 5.74) is 1.70. The molecule has 3 rings (SSSR count). The standard InChI is InChI=1S/C17H20FN3O3S/c1-3-21(14-8-9-25(23,24)11-14)17(22)15-10-16(20(2)19-15)12-4-6-13(18)7-5-12/h4-7,10,14H,3,8-9,11H2,1-2H3. The monoisotopic (exact) mass is 365 g/mol. The van der Waals surface area contributed by atoms with Gasteiger partial charge in [-0.2, -0.15) is 5.10 Å². The third kappa shape index (κ3) is 3.58. The lowest BCUT2D eigenvalue weighted by atomic mass is 10.1. The van der Waals surface area contributed by atoms with E-state index >= 15 is 0 Å². The predicted octanol–water partition coefficient (Wildman–Crippen LogP) is 1.88. The summed E-state index contributed by atoms with van der Waals surface area (Å²) in [5.74, 6) is -0.496. The lowest BCUT2D eigenvalue weighted by Crippen LogP contribution is -2.41. The van der Waals surface area contributed by atoms with E-state index in [9.17, 15) is 17.6 Å². The molecule has 1 saturated heterocycles.